The van der Waals surface area contributed by atoms with E-state index in [2.05, 4.69) is 16.0 Å². The zero-order valence-corrected chi connectivity index (χ0v) is 38.0. The highest BCUT2D eigenvalue weighted by atomic mass is 35.5. The van der Waals surface area contributed by atoms with Crippen LogP contribution in [0.25, 0.3) is 11.1 Å². The molecule has 6 aromatic rings. The second-order valence-corrected chi connectivity index (χ2v) is 21.0. The van der Waals surface area contributed by atoms with Gasteiger partial charge in [-0.1, -0.05) is 84.4 Å². The summed E-state index contributed by atoms with van der Waals surface area (Å²) < 4.78 is 131. The number of hydrogen-bond donors (Lipinski definition) is 4. The lowest BCUT2D eigenvalue weighted by atomic mass is 10.00. The number of rotatable bonds is 17. The third kappa shape index (κ3) is 11.3. The van der Waals surface area contributed by atoms with Crippen molar-refractivity contribution in [2.45, 2.75) is 45.6 Å². The van der Waals surface area contributed by atoms with Crippen LogP contribution in [0.3, 0.4) is 0 Å². The van der Waals surface area contributed by atoms with Crippen LogP contribution in [-0.2, 0) is 36.4 Å². The van der Waals surface area contributed by atoms with Crippen LogP contribution in [0.15, 0.2) is 160 Å². The van der Waals surface area contributed by atoms with Crippen molar-refractivity contribution < 1.29 is 48.0 Å². The van der Waals surface area contributed by atoms with Gasteiger partial charge in [0.05, 0.1) is 21.0 Å². The Morgan fingerprint density at radius 3 is 2.06 bits per heavy atom. The SMILES string of the molecule is O=C(NS(=O)(=O)c1ccc(NC2CCN(S(=O)(=O)c3ccccc3)CC2)c(S(=O)(=O)C(F)(F)F)c1)c1ccc(NCCNCc2ccccc2-c2ccc(Cl)cc2)cc1Oc1ccccc1. The maximum atomic E-state index is 14.1. The molecule has 20 heteroatoms. The summed E-state index contributed by atoms with van der Waals surface area (Å²) in [6.07, 6.45) is 0.181. The summed E-state index contributed by atoms with van der Waals surface area (Å²) in [6, 6.07) is 37.2. The van der Waals surface area contributed by atoms with Crippen LogP contribution >= 0.6 is 11.6 Å². The Hall–Kier alpha value is -5.96. The molecule has 346 valence electrons. The molecule has 1 heterocycles. The van der Waals surface area contributed by atoms with Gasteiger partial charge in [-0.2, -0.15) is 17.5 Å². The Morgan fingerprint density at radius 2 is 1.38 bits per heavy atom. The minimum atomic E-state index is -6.16. The highest BCUT2D eigenvalue weighted by Crippen LogP contribution is 2.37. The predicted molar refractivity (Wildman–Crippen MR) is 246 cm³/mol. The number of nitrogens with one attached hydrogen (secondary N) is 4. The minimum Gasteiger partial charge on any atom is -0.456 e. The lowest BCUT2D eigenvalue weighted by Crippen LogP contribution is -2.42. The van der Waals surface area contributed by atoms with E-state index in [0.29, 0.717) is 42.2 Å². The number of nitrogens with zero attached hydrogens (tertiary/aromatic N) is 1. The molecule has 6 aromatic carbocycles. The third-order valence-corrected chi connectivity index (χ3v) is 15.6. The molecule has 0 saturated carbocycles. The van der Waals surface area contributed by atoms with Gasteiger partial charge in [0.2, 0.25) is 10.0 Å². The van der Waals surface area contributed by atoms with Gasteiger partial charge in [-0.15, -0.1) is 0 Å². The Balaban J connectivity index is 1.05. The van der Waals surface area contributed by atoms with Crippen LogP contribution in [-0.4, -0.2) is 73.2 Å². The Bertz CT molecular complexity index is 3020. The highest BCUT2D eigenvalue weighted by molar-refractivity contribution is 7.92. The smallest absolute Gasteiger partial charge is 0.456 e. The first-order chi connectivity index (χ1) is 31.4. The zero-order valence-electron chi connectivity index (χ0n) is 34.8. The van der Waals surface area contributed by atoms with Crippen molar-refractivity contribution in [3.63, 3.8) is 0 Å². The van der Waals surface area contributed by atoms with E-state index in [1.165, 1.54) is 34.6 Å². The number of hydrogen-bond acceptors (Lipinski definition) is 11. The average Bonchev–Trinajstić information content (AvgIpc) is 3.30. The predicted octanol–water partition coefficient (Wildman–Crippen LogP) is 8.68. The van der Waals surface area contributed by atoms with Crippen LogP contribution < -0.4 is 25.4 Å². The first-order valence-corrected chi connectivity index (χ1v) is 25.2. The summed E-state index contributed by atoms with van der Waals surface area (Å²) >= 11 is 6.08. The zero-order chi connectivity index (χ0) is 47.1. The first kappa shape index (κ1) is 48.0. The third-order valence-electron chi connectivity index (χ3n) is 10.6. The van der Waals surface area contributed by atoms with E-state index in [9.17, 15) is 43.2 Å². The van der Waals surface area contributed by atoms with Crippen molar-refractivity contribution in [2.75, 3.05) is 36.8 Å². The monoisotopic (exact) mass is 981 g/mol. The van der Waals surface area contributed by atoms with Crippen LogP contribution in [0.5, 0.6) is 11.5 Å². The highest BCUT2D eigenvalue weighted by Gasteiger charge is 2.48. The van der Waals surface area contributed by atoms with Gasteiger partial charge in [0.1, 0.15) is 16.4 Å². The lowest BCUT2D eigenvalue weighted by Gasteiger charge is -2.32. The van der Waals surface area contributed by atoms with E-state index >= 15 is 0 Å². The van der Waals surface area contributed by atoms with Gasteiger partial charge in [0.25, 0.3) is 25.8 Å². The van der Waals surface area contributed by atoms with Crippen molar-refractivity contribution in [3.8, 4) is 22.6 Å². The summed E-state index contributed by atoms with van der Waals surface area (Å²) in [6.45, 7) is 1.45. The minimum absolute atomic E-state index is 0.0269. The maximum absolute atomic E-state index is 14.1. The van der Waals surface area contributed by atoms with Crippen molar-refractivity contribution >= 4 is 58.8 Å². The number of benzene rings is 6. The van der Waals surface area contributed by atoms with Crippen LogP contribution in [0.4, 0.5) is 24.5 Å². The summed E-state index contributed by atoms with van der Waals surface area (Å²) in [5.74, 6) is -0.972. The molecular weight excluding hydrogens is 939 g/mol. The van der Waals surface area contributed by atoms with Gasteiger partial charge in [0, 0.05) is 55.5 Å². The van der Waals surface area contributed by atoms with E-state index in [4.69, 9.17) is 16.3 Å². The van der Waals surface area contributed by atoms with Crippen molar-refractivity contribution in [1.82, 2.24) is 14.3 Å². The van der Waals surface area contributed by atoms with E-state index in [1.807, 2.05) is 53.3 Å². The molecule has 66 heavy (non-hydrogen) atoms. The molecule has 0 bridgehead atoms. The fourth-order valence-corrected chi connectivity index (χ4v) is 10.8. The topological polar surface area (TPSA) is 180 Å². The number of para-hydroxylation sites is 1. The fourth-order valence-electron chi connectivity index (χ4n) is 7.20. The molecule has 0 aliphatic carbocycles. The number of ether oxygens (including phenoxy) is 1. The normalized spacial score (nSPS) is 14.1. The number of sulfonamides is 2. The van der Waals surface area contributed by atoms with Gasteiger partial charge in [-0.25, -0.2) is 30.0 Å². The summed E-state index contributed by atoms with van der Waals surface area (Å²) in [4.78, 5) is 11.5. The Labute approximate surface area is 386 Å². The molecule has 7 rings (SSSR count). The fraction of sp³-hybridized carbons (Fsp3) is 0.196. The summed E-state index contributed by atoms with van der Waals surface area (Å²) in [5.41, 5.74) is -2.99. The standard InChI is InChI=1S/C46H43ClF3N5O8S3/c47-34-17-15-32(16-18-34)40-14-8-7-9-33(40)31-51-25-26-52-36-19-21-41(43(29-36)63-37-10-3-1-4-11-37)45(56)54-65(59,60)39-20-22-42(44(30-39)64(57,58)46(48,49)50)53-35-23-27-55(28-24-35)66(61,62)38-12-5-2-6-13-38/h1-22,29-30,35,51-53H,23-28,31H2,(H,54,56). The summed E-state index contributed by atoms with van der Waals surface area (Å²) in [7, 11) is -15.0. The molecule has 0 aromatic heterocycles. The number of amides is 1. The van der Waals surface area contributed by atoms with Crippen molar-refractivity contribution in [3.05, 3.63) is 162 Å². The van der Waals surface area contributed by atoms with Crippen LogP contribution in [0, 0.1) is 0 Å². The second-order valence-electron chi connectivity index (χ2n) is 15.1. The molecule has 0 unspecified atom stereocenters. The van der Waals surface area contributed by atoms with Gasteiger partial charge in [0.15, 0.2) is 0 Å². The Kier molecular flexibility index (Phi) is 14.7. The first-order valence-electron chi connectivity index (χ1n) is 20.4. The van der Waals surface area contributed by atoms with Gasteiger partial charge in [-0.3, -0.25) is 4.79 Å². The van der Waals surface area contributed by atoms with Crippen molar-refractivity contribution in [1.29, 1.82) is 0 Å². The number of carbonyl (C=O) groups excluding carboxylic acids is 1. The number of halogens is 4. The van der Waals surface area contributed by atoms with E-state index in [0.717, 1.165) is 28.8 Å². The number of anilines is 2. The molecule has 0 radical (unpaired) electrons. The molecule has 1 fully saturated rings. The molecular formula is C46H43ClF3N5O8S3. The molecule has 4 N–H and O–H groups in total. The number of carbonyl (C=O) groups is 1. The molecule has 1 aliphatic heterocycles. The van der Waals surface area contributed by atoms with Crippen LogP contribution in [0.1, 0.15) is 28.8 Å². The van der Waals surface area contributed by atoms with Crippen molar-refractivity contribution in [2.24, 2.45) is 0 Å². The van der Waals surface area contributed by atoms with Gasteiger partial charge < -0.3 is 20.7 Å². The number of piperidine rings is 1. The molecule has 1 amide bonds. The maximum Gasteiger partial charge on any atom is 0.501 e. The molecule has 13 nitrogen and oxygen atoms in total. The largest absolute Gasteiger partial charge is 0.501 e. The molecule has 0 spiro atoms. The van der Waals surface area contributed by atoms with Gasteiger partial charge >= 0.3 is 5.51 Å². The average molecular weight is 983 g/mol. The van der Waals surface area contributed by atoms with E-state index in [-0.39, 0.29) is 42.1 Å². The van der Waals surface area contributed by atoms with E-state index in [1.54, 1.807) is 48.5 Å². The number of alkyl halides is 3. The lowest BCUT2D eigenvalue weighted by molar-refractivity contribution is -0.0436. The van der Waals surface area contributed by atoms with E-state index < -0.39 is 62.8 Å². The second kappa shape index (κ2) is 20.3. The molecule has 1 saturated heterocycles. The molecule has 0 atom stereocenters. The van der Waals surface area contributed by atoms with Crippen LogP contribution in [0.2, 0.25) is 5.02 Å². The van der Waals surface area contributed by atoms with Gasteiger partial charge in [-0.05, 0) is 96.3 Å². The molecule has 1 aliphatic rings. The quantitative estimate of drug-likeness (QED) is 0.0643. The summed E-state index contributed by atoms with van der Waals surface area (Å²) in [5, 5.41) is 10.0. The Morgan fingerprint density at radius 1 is 0.727 bits per heavy atom. The number of sulfone groups is 1.